The maximum absolute atomic E-state index is 14.0. The van der Waals surface area contributed by atoms with Crippen LogP contribution in [0.5, 0.6) is 0 Å². The smallest absolute Gasteiger partial charge is 0.235 e. The number of rotatable bonds is 4. The third-order valence-electron chi connectivity index (χ3n) is 3.33. The monoisotopic (exact) mass is 342 g/mol. The van der Waals surface area contributed by atoms with Crippen LogP contribution in [0.15, 0.2) is 18.2 Å². The summed E-state index contributed by atoms with van der Waals surface area (Å²) in [4.78, 5) is 0. The molecule has 0 saturated carbocycles. The third kappa shape index (κ3) is 3.05. The number of halogens is 1. The fourth-order valence-corrected chi connectivity index (χ4v) is 4.52. The van der Waals surface area contributed by atoms with Crippen LogP contribution in [0.25, 0.3) is 0 Å². The van der Waals surface area contributed by atoms with Gasteiger partial charge in [-0.15, -0.1) is 10.2 Å². The molecule has 1 fully saturated rings. The van der Waals surface area contributed by atoms with Crippen LogP contribution in [0, 0.1) is 12.7 Å². The van der Waals surface area contributed by atoms with Gasteiger partial charge in [-0.3, -0.25) is 4.31 Å². The lowest BCUT2D eigenvalue weighted by molar-refractivity contribution is 0.595. The maximum atomic E-state index is 14.0. The molecule has 22 heavy (non-hydrogen) atoms. The van der Waals surface area contributed by atoms with Gasteiger partial charge < -0.3 is 5.32 Å². The Balaban J connectivity index is 1.81. The van der Waals surface area contributed by atoms with Gasteiger partial charge >= 0.3 is 0 Å². The number of sulfonamides is 1. The van der Waals surface area contributed by atoms with E-state index in [0.29, 0.717) is 25.2 Å². The van der Waals surface area contributed by atoms with Crippen molar-refractivity contribution >= 4 is 32.7 Å². The van der Waals surface area contributed by atoms with Crippen molar-refractivity contribution in [3.8, 4) is 0 Å². The Bertz CT molecular complexity index is 791. The maximum Gasteiger partial charge on any atom is 0.235 e. The fourth-order valence-electron chi connectivity index (χ4n) is 2.31. The van der Waals surface area contributed by atoms with Crippen LogP contribution < -0.4 is 9.62 Å². The largest absolute Gasteiger partial charge is 0.378 e. The summed E-state index contributed by atoms with van der Waals surface area (Å²) in [6.45, 7) is 2.65. The predicted molar refractivity (Wildman–Crippen MR) is 84.1 cm³/mol. The molecule has 0 spiro atoms. The van der Waals surface area contributed by atoms with Gasteiger partial charge in [0, 0.05) is 12.2 Å². The highest BCUT2D eigenvalue weighted by Gasteiger charge is 2.30. The van der Waals surface area contributed by atoms with Crippen molar-refractivity contribution in [2.75, 3.05) is 21.9 Å². The average molecular weight is 342 g/mol. The molecule has 0 amide bonds. The lowest BCUT2D eigenvalue weighted by atomic mass is 10.2. The Morgan fingerprint density at radius 1 is 1.41 bits per heavy atom. The van der Waals surface area contributed by atoms with Gasteiger partial charge in [-0.05, 0) is 31.5 Å². The van der Waals surface area contributed by atoms with E-state index in [0.717, 1.165) is 14.3 Å². The molecule has 1 N–H and O–H groups in total. The first-order valence-corrected chi connectivity index (χ1v) is 9.21. The molecule has 118 valence electrons. The molecular formula is C13H15FN4O2S2. The van der Waals surface area contributed by atoms with E-state index >= 15 is 0 Å². The van der Waals surface area contributed by atoms with Crippen molar-refractivity contribution in [1.82, 2.24) is 10.2 Å². The topological polar surface area (TPSA) is 75.2 Å². The van der Waals surface area contributed by atoms with Gasteiger partial charge in [0.05, 0.1) is 18.0 Å². The number of benzene rings is 1. The second-order valence-electron chi connectivity index (χ2n) is 4.98. The van der Waals surface area contributed by atoms with Crippen molar-refractivity contribution in [2.45, 2.75) is 19.9 Å². The van der Waals surface area contributed by atoms with E-state index in [9.17, 15) is 12.8 Å². The van der Waals surface area contributed by atoms with Crippen molar-refractivity contribution in [3.63, 3.8) is 0 Å². The van der Waals surface area contributed by atoms with Gasteiger partial charge in [-0.25, -0.2) is 12.8 Å². The zero-order valence-corrected chi connectivity index (χ0v) is 13.5. The third-order valence-corrected chi connectivity index (χ3v) is 6.02. The molecule has 2 heterocycles. The van der Waals surface area contributed by atoms with E-state index in [1.807, 2.05) is 6.92 Å². The van der Waals surface area contributed by atoms with Gasteiger partial charge in [0.2, 0.25) is 10.0 Å². The molecule has 0 bridgehead atoms. The Labute approximate surface area is 132 Å². The first-order chi connectivity index (χ1) is 10.5. The Kier molecular flexibility index (Phi) is 4.00. The van der Waals surface area contributed by atoms with Gasteiger partial charge in [0.1, 0.15) is 15.8 Å². The van der Waals surface area contributed by atoms with Gasteiger partial charge in [0.15, 0.2) is 0 Å². The number of hydrogen-bond donors (Lipinski definition) is 1. The summed E-state index contributed by atoms with van der Waals surface area (Å²) in [5.41, 5.74) is 0.738. The summed E-state index contributed by atoms with van der Waals surface area (Å²) in [5, 5.41) is 12.7. The van der Waals surface area contributed by atoms with Gasteiger partial charge in [-0.1, -0.05) is 11.3 Å². The Hall–Kier alpha value is -1.74. The fraction of sp³-hybridized carbons (Fsp3) is 0.385. The van der Waals surface area contributed by atoms with Crippen LogP contribution in [0.2, 0.25) is 0 Å². The molecule has 1 saturated heterocycles. The minimum Gasteiger partial charge on any atom is -0.378 e. The summed E-state index contributed by atoms with van der Waals surface area (Å²) in [5.74, 6) is -0.475. The minimum absolute atomic E-state index is 0.0636. The first kappa shape index (κ1) is 15.2. The zero-order chi connectivity index (χ0) is 15.7. The van der Waals surface area contributed by atoms with E-state index in [2.05, 4.69) is 15.5 Å². The number of aryl methyl sites for hydroxylation is 1. The second kappa shape index (κ2) is 5.81. The minimum atomic E-state index is -3.40. The van der Waals surface area contributed by atoms with E-state index in [1.165, 1.54) is 23.5 Å². The number of hydrogen-bond acceptors (Lipinski definition) is 6. The van der Waals surface area contributed by atoms with Crippen LogP contribution in [0.4, 0.5) is 15.8 Å². The summed E-state index contributed by atoms with van der Waals surface area (Å²) >= 11 is 1.47. The lowest BCUT2D eigenvalue weighted by Gasteiger charge is -2.18. The van der Waals surface area contributed by atoms with Crippen molar-refractivity contribution in [2.24, 2.45) is 0 Å². The summed E-state index contributed by atoms with van der Waals surface area (Å²) in [6, 6.07) is 4.37. The lowest BCUT2D eigenvalue weighted by Crippen LogP contribution is -2.26. The standard InChI is InChI=1S/C13H15FN4O2S2/c1-9-16-17-13(21-9)8-15-10-3-4-11(14)12(7-10)18-5-2-6-22(18,19)20/h3-4,7,15H,2,5-6,8H2,1H3. The molecule has 9 heteroatoms. The van der Waals surface area contributed by atoms with Crippen molar-refractivity contribution in [3.05, 3.63) is 34.0 Å². The van der Waals surface area contributed by atoms with E-state index in [4.69, 9.17) is 0 Å². The molecule has 1 aliphatic rings. The van der Waals surface area contributed by atoms with Crippen molar-refractivity contribution < 1.29 is 12.8 Å². The Morgan fingerprint density at radius 3 is 2.86 bits per heavy atom. The van der Waals surface area contributed by atoms with E-state index in [1.54, 1.807) is 6.07 Å². The highest BCUT2D eigenvalue weighted by molar-refractivity contribution is 7.93. The number of anilines is 2. The normalized spacial score (nSPS) is 16.9. The van der Waals surface area contributed by atoms with Crippen LogP contribution in [-0.2, 0) is 16.6 Å². The predicted octanol–water partition coefficient (Wildman–Crippen LogP) is 2.14. The van der Waals surface area contributed by atoms with E-state index in [-0.39, 0.29) is 11.4 Å². The number of nitrogens with zero attached hydrogens (tertiary/aromatic N) is 3. The average Bonchev–Trinajstić information content (AvgIpc) is 3.03. The molecule has 3 rings (SSSR count). The summed E-state index contributed by atoms with van der Waals surface area (Å²) in [6.07, 6.45) is 0.517. The highest BCUT2D eigenvalue weighted by Crippen LogP contribution is 2.29. The second-order valence-corrected chi connectivity index (χ2v) is 8.26. The molecule has 1 aliphatic heterocycles. The van der Waals surface area contributed by atoms with Crippen LogP contribution in [0.3, 0.4) is 0 Å². The Morgan fingerprint density at radius 2 is 2.23 bits per heavy atom. The molecule has 0 atom stereocenters. The van der Waals surface area contributed by atoms with Crippen LogP contribution in [-0.4, -0.2) is 30.9 Å². The molecule has 6 nitrogen and oxygen atoms in total. The number of nitrogens with one attached hydrogen (secondary N) is 1. The van der Waals surface area contributed by atoms with Crippen LogP contribution >= 0.6 is 11.3 Å². The van der Waals surface area contributed by atoms with E-state index < -0.39 is 15.8 Å². The quantitative estimate of drug-likeness (QED) is 0.921. The van der Waals surface area contributed by atoms with Gasteiger partial charge in [-0.2, -0.15) is 0 Å². The molecule has 1 aromatic carbocycles. The van der Waals surface area contributed by atoms with Crippen LogP contribution in [0.1, 0.15) is 16.4 Å². The molecule has 1 aromatic heterocycles. The molecular weight excluding hydrogens is 327 g/mol. The molecule has 2 aromatic rings. The van der Waals surface area contributed by atoms with Crippen molar-refractivity contribution in [1.29, 1.82) is 0 Å². The zero-order valence-electron chi connectivity index (χ0n) is 11.9. The van der Waals surface area contributed by atoms with Gasteiger partial charge in [0.25, 0.3) is 0 Å². The number of aromatic nitrogens is 2. The molecule has 0 aliphatic carbocycles. The summed E-state index contributed by atoms with van der Waals surface area (Å²) in [7, 11) is -3.40. The molecule has 0 unspecified atom stereocenters. The summed E-state index contributed by atoms with van der Waals surface area (Å²) < 4.78 is 39.0. The first-order valence-electron chi connectivity index (χ1n) is 6.78. The highest BCUT2D eigenvalue weighted by atomic mass is 32.2. The SMILES string of the molecule is Cc1nnc(CNc2ccc(F)c(N3CCCS3(=O)=O)c2)s1. The molecule has 0 radical (unpaired) electrons.